The van der Waals surface area contributed by atoms with Gasteiger partial charge >= 0.3 is 0 Å². The molecule has 31 heavy (non-hydrogen) atoms. The van der Waals surface area contributed by atoms with E-state index in [1.807, 2.05) is 0 Å². The van der Waals surface area contributed by atoms with Crippen LogP contribution in [0, 0.1) is 5.82 Å². The number of sulfonamides is 1. The van der Waals surface area contributed by atoms with Crippen molar-refractivity contribution in [2.75, 3.05) is 14.2 Å². The third-order valence-corrected chi connectivity index (χ3v) is 5.43. The average molecular weight is 451 g/mol. The predicted octanol–water partition coefficient (Wildman–Crippen LogP) is 1.37. The van der Waals surface area contributed by atoms with E-state index >= 15 is 0 Å². The van der Waals surface area contributed by atoms with Crippen molar-refractivity contribution in [2.24, 2.45) is 0 Å². The van der Waals surface area contributed by atoms with Gasteiger partial charge in [0.05, 0.1) is 7.11 Å². The van der Waals surface area contributed by atoms with Gasteiger partial charge in [-0.2, -0.15) is 0 Å². The lowest BCUT2D eigenvalue weighted by atomic mass is 10.2. The topological polar surface area (TPSA) is 123 Å². The van der Waals surface area contributed by atoms with E-state index < -0.39 is 33.8 Å². The summed E-state index contributed by atoms with van der Waals surface area (Å²) in [5.74, 6) is -1.94. The Bertz CT molecular complexity index is 1090. The van der Waals surface area contributed by atoms with E-state index in [4.69, 9.17) is 9.47 Å². The van der Waals surface area contributed by atoms with E-state index in [2.05, 4.69) is 15.6 Å². The molecule has 2 aromatic rings. The molecular formula is C20H22FN3O6S. The van der Waals surface area contributed by atoms with Crippen LogP contribution >= 0.6 is 0 Å². The summed E-state index contributed by atoms with van der Waals surface area (Å²) in [5.41, 5.74) is 4.73. The van der Waals surface area contributed by atoms with Crippen LogP contribution in [0.3, 0.4) is 0 Å². The van der Waals surface area contributed by atoms with E-state index in [0.29, 0.717) is 5.56 Å². The lowest BCUT2D eigenvalue weighted by Crippen LogP contribution is -2.46. The maximum absolute atomic E-state index is 13.6. The number of para-hydroxylation sites is 1. The van der Waals surface area contributed by atoms with E-state index in [0.717, 1.165) is 6.08 Å². The molecule has 2 aromatic carbocycles. The number of carbonyl (C=O) groups is 2. The Kier molecular flexibility index (Phi) is 8.11. The molecule has 1 unspecified atom stereocenters. The number of ether oxygens (including phenoxy) is 2. The van der Waals surface area contributed by atoms with Crippen molar-refractivity contribution >= 4 is 27.9 Å². The molecule has 2 rings (SSSR count). The number of hydrogen-bond donors (Lipinski definition) is 3. The number of benzene rings is 2. The number of carbonyl (C=O) groups excluding carboxylic acids is 2. The molecule has 9 nitrogen and oxygen atoms in total. The Hall–Kier alpha value is -3.44. The maximum Gasteiger partial charge on any atom is 0.279 e. The summed E-state index contributed by atoms with van der Waals surface area (Å²) in [5, 5.41) is 0. The number of amides is 2. The minimum atomic E-state index is -3.77. The summed E-state index contributed by atoms with van der Waals surface area (Å²) in [7, 11) is -1.16. The lowest BCUT2D eigenvalue weighted by molar-refractivity contribution is -0.131. The molecule has 0 spiro atoms. The number of hydrogen-bond acceptors (Lipinski definition) is 6. The number of rotatable bonds is 8. The van der Waals surface area contributed by atoms with Crippen LogP contribution in [0.15, 0.2) is 53.4 Å². The minimum absolute atomic E-state index is 0.0903. The Morgan fingerprint density at radius 2 is 1.81 bits per heavy atom. The highest BCUT2D eigenvalue weighted by Crippen LogP contribution is 2.25. The molecule has 0 aromatic heterocycles. The fourth-order valence-corrected chi connectivity index (χ4v) is 3.27. The Morgan fingerprint density at radius 1 is 1.10 bits per heavy atom. The van der Waals surface area contributed by atoms with Gasteiger partial charge < -0.3 is 9.47 Å². The predicted molar refractivity (Wildman–Crippen MR) is 111 cm³/mol. The van der Waals surface area contributed by atoms with Crippen LogP contribution in [0.2, 0.25) is 0 Å². The summed E-state index contributed by atoms with van der Waals surface area (Å²) < 4.78 is 50.2. The van der Waals surface area contributed by atoms with Gasteiger partial charge in [-0.15, -0.1) is 0 Å². The maximum atomic E-state index is 13.6. The third kappa shape index (κ3) is 6.52. The van der Waals surface area contributed by atoms with Crippen LogP contribution in [0.4, 0.5) is 4.39 Å². The SMILES string of the molecule is CNS(=O)(=O)c1cc(/C=C/C(=O)NNC(=O)C(C)Oc2ccccc2F)ccc1OC. The summed E-state index contributed by atoms with van der Waals surface area (Å²) >= 11 is 0. The smallest absolute Gasteiger partial charge is 0.279 e. The van der Waals surface area contributed by atoms with E-state index in [1.165, 1.54) is 57.5 Å². The molecule has 0 saturated carbocycles. The zero-order chi connectivity index (χ0) is 23.0. The number of hydrazine groups is 1. The monoisotopic (exact) mass is 451 g/mol. The molecular weight excluding hydrogens is 429 g/mol. The van der Waals surface area contributed by atoms with E-state index in [-0.39, 0.29) is 16.4 Å². The molecule has 1 atom stereocenters. The largest absolute Gasteiger partial charge is 0.495 e. The van der Waals surface area contributed by atoms with Crippen molar-refractivity contribution in [2.45, 2.75) is 17.9 Å². The molecule has 0 fully saturated rings. The van der Waals surface area contributed by atoms with Crippen molar-refractivity contribution in [1.29, 1.82) is 0 Å². The first-order valence-corrected chi connectivity index (χ1v) is 10.5. The van der Waals surface area contributed by atoms with Crippen molar-refractivity contribution < 1.29 is 31.9 Å². The molecule has 2 amide bonds. The zero-order valence-electron chi connectivity index (χ0n) is 17.0. The standard InChI is InChI=1S/C20H22FN3O6S/c1-13(30-16-7-5-4-6-15(16)21)20(26)24-23-19(25)11-9-14-8-10-17(29-3)18(12-14)31(27,28)22-2/h4-13,22H,1-3H3,(H,23,25)(H,24,26)/b11-9+. The van der Waals surface area contributed by atoms with Crippen LogP contribution in [-0.4, -0.2) is 40.5 Å². The molecule has 0 saturated heterocycles. The summed E-state index contributed by atoms with van der Waals surface area (Å²) in [6.07, 6.45) is 1.38. The molecule has 3 N–H and O–H groups in total. The molecule has 0 radical (unpaired) electrons. The van der Waals surface area contributed by atoms with Crippen molar-refractivity contribution in [1.82, 2.24) is 15.6 Å². The first-order chi connectivity index (χ1) is 14.7. The van der Waals surface area contributed by atoms with Gasteiger partial charge in [0.1, 0.15) is 10.6 Å². The molecule has 166 valence electrons. The second kappa shape index (κ2) is 10.5. The Balaban J connectivity index is 1.97. The highest BCUT2D eigenvalue weighted by atomic mass is 32.2. The first-order valence-electron chi connectivity index (χ1n) is 8.98. The summed E-state index contributed by atoms with van der Waals surface area (Å²) in [6.45, 7) is 1.39. The van der Waals surface area contributed by atoms with Gasteiger partial charge in [-0.25, -0.2) is 17.5 Å². The molecule has 0 aliphatic carbocycles. The van der Waals surface area contributed by atoms with Gasteiger partial charge in [-0.05, 0) is 49.9 Å². The fraction of sp³-hybridized carbons (Fsp3) is 0.200. The second-order valence-electron chi connectivity index (χ2n) is 6.12. The molecule has 0 aliphatic heterocycles. The van der Waals surface area contributed by atoms with Gasteiger partial charge in [0.2, 0.25) is 10.0 Å². The molecule has 0 aliphatic rings. The van der Waals surface area contributed by atoms with Gasteiger partial charge in [0, 0.05) is 6.08 Å². The lowest BCUT2D eigenvalue weighted by Gasteiger charge is -2.15. The first kappa shape index (κ1) is 23.8. The van der Waals surface area contributed by atoms with E-state index in [1.54, 1.807) is 12.1 Å². The van der Waals surface area contributed by atoms with Crippen LogP contribution in [0.1, 0.15) is 12.5 Å². The Morgan fingerprint density at radius 3 is 2.45 bits per heavy atom. The van der Waals surface area contributed by atoms with Crippen LogP contribution < -0.4 is 25.0 Å². The second-order valence-corrected chi connectivity index (χ2v) is 7.98. The van der Waals surface area contributed by atoms with Crippen LogP contribution in [0.5, 0.6) is 11.5 Å². The molecule has 0 bridgehead atoms. The quantitative estimate of drug-likeness (QED) is 0.412. The van der Waals surface area contributed by atoms with Crippen molar-refractivity contribution in [3.05, 3.63) is 59.9 Å². The summed E-state index contributed by atoms with van der Waals surface area (Å²) in [6, 6.07) is 9.95. The molecule has 0 heterocycles. The van der Waals surface area contributed by atoms with E-state index in [9.17, 15) is 22.4 Å². The third-order valence-electron chi connectivity index (χ3n) is 3.99. The fourth-order valence-electron chi connectivity index (χ4n) is 2.34. The zero-order valence-corrected chi connectivity index (χ0v) is 17.8. The highest BCUT2D eigenvalue weighted by Gasteiger charge is 2.18. The van der Waals surface area contributed by atoms with Gasteiger partial charge in [-0.1, -0.05) is 18.2 Å². The number of methoxy groups -OCH3 is 1. The van der Waals surface area contributed by atoms with Crippen LogP contribution in [0.25, 0.3) is 6.08 Å². The molecule has 11 heteroatoms. The average Bonchev–Trinajstić information content (AvgIpc) is 2.77. The van der Waals surface area contributed by atoms with Gasteiger partial charge in [0.25, 0.3) is 11.8 Å². The van der Waals surface area contributed by atoms with Crippen molar-refractivity contribution in [3.8, 4) is 11.5 Å². The highest BCUT2D eigenvalue weighted by molar-refractivity contribution is 7.89. The van der Waals surface area contributed by atoms with Crippen LogP contribution in [-0.2, 0) is 19.6 Å². The number of halogens is 1. The summed E-state index contributed by atoms with van der Waals surface area (Å²) in [4.78, 5) is 23.9. The Labute approximate surface area is 179 Å². The van der Waals surface area contributed by atoms with Crippen molar-refractivity contribution in [3.63, 3.8) is 0 Å². The number of nitrogens with one attached hydrogen (secondary N) is 3. The normalized spacial score (nSPS) is 12.3. The van der Waals surface area contributed by atoms with Gasteiger partial charge in [0.15, 0.2) is 17.7 Å². The minimum Gasteiger partial charge on any atom is -0.495 e. The van der Waals surface area contributed by atoms with Gasteiger partial charge in [-0.3, -0.25) is 20.4 Å².